The molecule has 0 N–H and O–H groups in total. The fourth-order valence-electron chi connectivity index (χ4n) is 4.64. The van der Waals surface area contributed by atoms with Crippen molar-refractivity contribution in [1.82, 2.24) is 4.98 Å². The van der Waals surface area contributed by atoms with Crippen LogP contribution in [0.15, 0.2) is 66.7 Å². The Morgan fingerprint density at radius 3 is 2.61 bits per heavy atom. The second kappa shape index (κ2) is 10.8. The van der Waals surface area contributed by atoms with Crippen LogP contribution in [0.3, 0.4) is 0 Å². The minimum atomic E-state index is -0.972. The number of benzene rings is 3. The summed E-state index contributed by atoms with van der Waals surface area (Å²) in [5, 5.41) is 12.1. The van der Waals surface area contributed by atoms with Crippen molar-refractivity contribution in [3.63, 3.8) is 0 Å². The molecule has 4 aromatic rings. The van der Waals surface area contributed by atoms with Crippen LogP contribution in [0.25, 0.3) is 23.1 Å². The first-order valence-corrected chi connectivity index (χ1v) is 13.1. The average Bonchev–Trinajstić information content (AvgIpc) is 3.71. The molecule has 0 amide bonds. The Morgan fingerprint density at radius 1 is 1.03 bits per heavy atom. The van der Waals surface area contributed by atoms with Gasteiger partial charge in [0.15, 0.2) is 11.6 Å². The van der Waals surface area contributed by atoms with Crippen LogP contribution in [-0.2, 0) is 11.4 Å². The Bertz CT molecular complexity index is 1570. The Labute approximate surface area is 245 Å². The summed E-state index contributed by atoms with van der Waals surface area (Å²) >= 11 is 1.62. The van der Waals surface area contributed by atoms with E-state index in [9.17, 15) is 18.7 Å². The van der Waals surface area contributed by atoms with E-state index in [-0.39, 0.29) is 34.8 Å². The molecule has 1 aliphatic heterocycles. The molecule has 1 saturated carbocycles. The van der Waals surface area contributed by atoms with Gasteiger partial charge in [0.2, 0.25) is 0 Å². The normalized spacial score (nSPS) is 17.2. The molecule has 2 heterocycles. The maximum atomic E-state index is 13.7. The van der Waals surface area contributed by atoms with E-state index >= 15 is 0 Å². The smallest absolute Gasteiger partial charge is 0.550 e. The number of thioether (sulfide) groups is 1. The largest absolute Gasteiger partial charge is 1.00 e. The fourth-order valence-corrected chi connectivity index (χ4v) is 6.31. The van der Waals surface area contributed by atoms with Gasteiger partial charge in [0, 0.05) is 34.2 Å². The van der Waals surface area contributed by atoms with Crippen LogP contribution in [0, 0.1) is 17.0 Å². The number of aromatic nitrogens is 1. The van der Waals surface area contributed by atoms with E-state index in [4.69, 9.17) is 4.74 Å². The third kappa shape index (κ3) is 5.25. The molecule has 1 unspecified atom stereocenters. The average molecular weight is 538 g/mol. The maximum absolute atomic E-state index is 13.7. The molecule has 1 aromatic heterocycles. The Morgan fingerprint density at radius 2 is 1.82 bits per heavy atom. The number of pyridine rings is 1. The molecule has 1 aliphatic carbocycles. The van der Waals surface area contributed by atoms with E-state index in [1.807, 2.05) is 42.5 Å². The molecule has 1 atom stereocenters. The van der Waals surface area contributed by atoms with E-state index in [1.165, 1.54) is 0 Å². The third-order valence-electron chi connectivity index (χ3n) is 7.05. The van der Waals surface area contributed by atoms with Crippen LogP contribution in [0.5, 0.6) is 5.75 Å². The second-order valence-corrected chi connectivity index (χ2v) is 10.7. The first kappa shape index (κ1) is 26.9. The molecular formula is C30H22F2NNaO3S. The quantitative estimate of drug-likeness (QED) is 0.354. The van der Waals surface area contributed by atoms with Crippen molar-refractivity contribution >= 4 is 40.8 Å². The van der Waals surface area contributed by atoms with Gasteiger partial charge in [-0.15, -0.1) is 11.8 Å². The van der Waals surface area contributed by atoms with Crippen LogP contribution < -0.4 is 39.4 Å². The van der Waals surface area contributed by atoms with Gasteiger partial charge in [0.25, 0.3) is 0 Å². The molecule has 8 heteroatoms. The number of carboxylic acid groups (broad SMARTS) is 1. The summed E-state index contributed by atoms with van der Waals surface area (Å²) in [5.41, 5.74) is 4.35. The number of hydrogen-bond donors (Lipinski definition) is 0. The van der Waals surface area contributed by atoms with Gasteiger partial charge in [-0.05, 0) is 59.9 Å². The molecule has 1 fully saturated rings. The van der Waals surface area contributed by atoms with Crippen LogP contribution in [-0.4, -0.2) is 16.7 Å². The van der Waals surface area contributed by atoms with E-state index < -0.39 is 23.0 Å². The SMILES string of the molecule is O=C([O-])C1(CSC2c3ccccc3COc3ccc(/C=C/c4ccc5cc(F)c(F)cc5n4)cc32)CC1.[Na+]. The number of aliphatic carboxylic acids is 1. The van der Waals surface area contributed by atoms with Crippen LogP contribution >= 0.6 is 11.8 Å². The molecule has 0 saturated heterocycles. The molecule has 6 rings (SSSR count). The van der Waals surface area contributed by atoms with Gasteiger partial charge in [-0.1, -0.05) is 42.5 Å². The van der Waals surface area contributed by atoms with Gasteiger partial charge < -0.3 is 14.6 Å². The predicted molar refractivity (Wildman–Crippen MR) is 139 cm³/mol. The number of fused-ring (bicyclic) bond motifs is 3. The van der Waals surface area contributed by atoms with Crippen molar-refractivity contribution in [3.05, 3.63) is 106 Å². The summed E-state index contributed by atoms with van der Waals surface area (Å²) in [7, 11) is 0. The van der Waals surface area contributed by atoms with Gasteiger partial charge >= 0.3 is 29.6 Å². The Hall–Kier alpha value is -2.71. The van der Waals surface area contributed by atoms with E-state index in [1.54, 1.807) is 23.9 Å². The Balaban J connectivity index is 0.00000294. The molecule has 2 aliphatic rings. The zero-order valence-corrected chi connectivity index (χ0v) is 23.6. The maximum Gasteiger partial charge on any atom is 1.00 e. The third-order valence-corrected chi connectivity index (χ3v) is 8.61. The van der Waals surface area contributed by atoms with Crippen molar-refractivity contribution in [2.24, 2.45) is 5.41 Å². The number of ether oxygens (including phenoxy) is 1. The summed E-state index contributed by atoms with van der Waals surface area (Å²) in [6.07, 6.45) is 5.04. The molecule has 38 heavy (non-hydrogen) atoms. The van der Waals surface area contributed by atoms with Gasteiger partial charge in [-0.3, -0.25) is 0 Å². The van der Waals surface area contributed by atoms with Crippen molar-refractivity contribution in [1.29, 1.82) is 0 Å². The van der Waals surface area contributed by atoms with Crippen molar-refractivity contribution in [3.8, 4) is 5.75 Å². The first-order chi connectivity index (χ1) is 17.9. The monoisotopic (exact) mass is 537 g/mol. The summed E-state index contributed by atoms with van der Waals surface area (Å²) in [5.74, 6) is -1.55. The van der Waals surface area contributed by atoms with Crippen molar-refractivity contribution < 1.29 is 53.0 Å². The van der Waals surface area contributed by atoms with E-state index in [0.717, 1.165) is 40.1 Å². The van der Waals surface area contributed by atoms with Gasteiger partial charge in [-0.25, -0.2) is 13.8 Å². The first-order valence-electron chi connectivity index (χ1n) is 12.0. The molecule has 0 bridgehead atoms. The predicted octanol–water partition coefficient (Wildman–Crippen LogP) is 2.93. The number of carbonyl (C=O) groups is 1. The van der Waals surface area contributed by atoms with Crippen molar-refractivity contribution in [2.75, 3.05) is 5.75 Å². The molecule has 3 aromatic carbocycles. The summed E-state index contributed by atoms with van der Waals surface area (Å²) < 4.78 is 33.3. The zero-order valence-electron chi connectivity index (χ0n) is 20.7. The number of carboxylic acids is 1. The standard InChI is InChI=1S/C30H23F2NO3S.Na/c31-24-14-19-7-9-21(33-26(19)15-25(24)32)8-5-18-6-10-27-23(13-18)28(37-17-30(11-12-30)29(34)35)22-4-2-1-3-20(22)16-36-27;/h1-10,13-15,28H,11-12,16-17H2,(H,34,35);/q;+1/p-1/b8-5+;. The number of rotatable bonds is 6. The molecule has 0 spiro atoms. The molecule has 4 nitrogen and oxygen atoms in total. The fraction of sp³-hybridized carbons (Fsp3) is 0.200. The molecular weight excluding hydrogens is 515 g/mol. The van der Waals surface area contributed by atoms with Crippen molar-refractivity contribution in [2.45, 2.75) is 24.7 Å². The number of halogens is 2. The number of hydrogen-bond acceptors (Lipinski definition) is 5. The molecule has 186 valence electrons. The zero-order chi connectivity index (χ0) is 25.6. The van der Waals surface area contributed by atoms with Gasteiger partial charge in [0.1, 0.15) is 12.4 Å². The second-order valence-electron chi connectivity index (χ2n) is 9.57. The minimum Gasteiger partial charge on any atom is -0.550 e. The summed E-state index contributed by atoms with van der Waals surface area (Å²) in [6, 6.07) is 19.7. The van der Waals surface area contributed by atoms with Gasteiger partial charge in [-0.2, -0.15) is 0 Å². The van der Waals surface area contributed by atoms with E-state index in [0.29, 0.717) is 41.8 Å². The summed E-state index contributed by atoms with van der Waals surface area (Å²) in [4.78, 5) is 16.1. The van der Waals surface area contributed by atoms with Crippen LogP contribution in [0.1, 0.15) is 46.0 Å². The molecule has 0 radical (unpaired) electrons. The topological polar surface area (TPSA) is 62.2 Å². The van der Waals surface area contributed by atoms with E-state index in [2.05, 4.69) is 17.1 Å². The van der Waals surface area contributed by atoms with Crippen LogP contribution in [0.2, 0.25) is 0 Å². The number of nitrogens with zero attached hydrogens (tertiary/aromatic N) is 1. The Kier molecular flexibility index (Phi) is 7.65. The van der Waals surface area contributed by atoms with Crippen LogP contribution in [0.4, 0.5) is 8.78 Å². The van der Waals surface area contributed by atoms with Gasteiger partial charge in [0.05, 0.1) is 16.5 Å². The summed E-state index contributed by atoms with van der Waals surface area (Å²) in [6.45, 7) is 0.444. The number of carbonyl (C=O) groups excluding carboxylic acids is 1. The minimum absolute atomic E-state index is 0.